The molecule has 0 radical (unpaired) electrons. The third-order valence-corrected chi connectivity index (χ3v) is 4.56. The van der Waals surface area contributed by atoms with Gasteiger partial charge in [-0.1, -0.05) is 13.3 Å². The predicted molar refractivity (Wildman–Crippen MR) is 68.0 cm³/mol. The zero-order valence-electron chi connectivity index (χ0n) is 11.0. The van der Waals surface area contributed by atoms with Gasteiger partial charge in [-0.15, -0.1) is 0 Å². The molecule has 2 rings (SSSR count). The van der Waals surface area contributed by atoms with Crippen LogP contribution in [0.1, 0.15) is 51.9 Å². The highest BCUT2D eigenvalue weighted by molar-refractivity contribution is 5.68. The lowest BCUT2D eigenvalue weighted by molar-refractivity contribution is -0.138. The first-order chi connectivity index (χ1) is 8.13. The molecule has 1 atom stereocenters. The molecule has 1 aliphatic carbocycles. The highest BCUT2D eigenvalue weighted by atomic mass is 16.4. The Balaban J connectivity index is 1.81. The number of carbonyl (C=O) groups is 1. The average molecular weight is 239 g/mol. The summed E-state index contributed by atoms with van der Waals surface area (Å²) in [5.41, 5.74) is 0.137. The summed E-state index contributed by atoms with van der Waals surface area (Å²) in [5.74, 6) is 0.276. The van der Waals surface area contributed by atoms with Gasteiger partial charge in [-0.3, -0.25) is 4.79 Å². The summed E-state index contributed by atoms with van der Waals surface area (Å²) in [7, 11) is 0. The normalized spacial score (nSPS) is 28.6. The van der Waals surface area contributed by atoms with Crippen molar-refractivity contribution in [2.45, 2.75) is 51.9 Å². The molecule has 1 unspecified atom stereocenters. The van der Waals surface area contributed by atoms with Crippen LogP contribution >= 0.6 is 0 Å². The molecule has 1 saturated carbocycles. The minimum absolute atomic E-state index is 0.137. The molecule has 1 saturated heterocycles. The van der Waals surface area contributed by atoms with Gasteiger partial charge < -0.3 is 10.0 Å². The average Bonchev–Trinajstić information content (AvgIpc) is 3.03. The van der Waals surface area contributed by atoms with E-state index < -0.39 is 5.97 Å². The van der Waals surface area contributed by atoms with E-state index >= 15 is 0 Å². The van der Waals surface area contributed by atoms with E-state index in [1.807, 2.05) is 0 Å². The fraction of sp³-hybridized carbons (Fsp3) is 0.929. The maximum absolute atomic E-state index is 10.8. The molecule has 0 aromatic rings. The van der Waals surface area contributed by atoms with Crippen molar-refractivity contribution in [2.24, 2.45) is 11.3 Å². The molecule has 0 aromatic heterocycles. The van der Waals surface area contributed by atoms with Crippen LogP contribution in [0.3, 0.4) is 0 Å². The van der Waals surface area contributed by atoms with E-state index in [0.717, 1.165) is 25.3 Å². The molecular weight excluding hydrogens is 214 g/mol. The van der Waals surface area contributed by atoms with Crippen LogP contribution in [0.2, 0.25) is 0 Å². The first-order valence-corrected chi connectivity index (χ1v) is 7.08. The van der Waals surface area contributed by atoms with Gasteiger partial charge in [-0.25, -0.2) is 0 Å². The van der Waals surface area contributed by atoms with Crippen LogP contribution < -0.4 is 0 Å². The second-order valence-corrected chi connectivity index (χ2v) is 6.05. The van der Waals surface area contributed by atoms with Crippen molar-refractivity contribution in [3.8, 4) is 0 Å². The van der Waals surface area contributed by atoms with E-state index in [2.05, 4.69) is 11.8 Å². The van der Waals surface area contributed by atoms with Gasteiger partial charge in [0.2, 0.25) is 0 Å². The summed E-state index contributed by atoms with van der Waals surface area (Å²) in [6.07, 6.45) is 7.87. The van der Waals surface area contributed by atoms with E-state index in [1.54, 1.807) is 0 Å². The van der Waals surface area contributed by atoms with Crippen LogP contribution in [-0.2, 0) is 4.79 Å². The molecule has 1 heterocycles. The van der Waals surface area contributed by atoms with Crippen molar-refractivity contribution in [3.63, 3.8) is 0 Å². The number of nitrogens with zero attached hydrogens (tertiary/aromatic N) is 1. The Morgan fingerprint density at radius 3 is 2.71 bits per heavy atom. The van der Waals surface area contributed by atoms with Crippen LogP contribution in [0.15, 0.2) is 0 Å². The number of carboxylic acid groups (broad SMARTS) is 1. The van der Waals surface area contributed by atoms with E-state index in [0.29, 0.717) is 6.42 Å². The zero-order chi connectivity index (χ0) is 12.3. The van der Waals surface area contributed by atoms with Gasteiger partial charge in [0.25, 0.3) is 0 Å². The first-order valence-electron chi connectivity index (χ1n) is 7.08. The van der Waals surface area contributed by atoms with E-state index in [-0.39, 0.29) is 5.41 Å². The smallest absolute Gasteiger partial charge is 0.303 e. The fourth-order valence-corrected chi connectivity index (χ4v) is 3.15. The lowest BCUT2D eigenvalue weighted by Crippen LogP contribution is -2.32. The van der Waals surface area contributed by atoms with Gasteiger partial charge in [0.1, 0.15) is 0 Å². The van der Waals surface area contributed by atoms with Crippen LogP contribution in [-0.4, -0.2) is 35.6 Å². The number of aliphatic carboxylic acids is 1. The van der Waals surface area contributed by atoms with Crippen molar-refractivity contribution < 1.29 is 9.90 Å². The van der Waals surface area contributed by atoms with Crippen molar-refractivity contribution in [3.05, 3.63) is 0 Å². The SMILES string of the molecule is CCC1CCCN(CC2(CC(=O)O)CC2)CC1. The highest BCUT2D eigenvalue weighted by Crippen LogP contribution is 2.49. The van der Waals surface area contributed by atoms with Crippen molar-refractivity contribution in [2.75, 3.05) is 19.6 Å². The van der Waals surface area contributed by atoms with E-state index in [9.17, 15) is 4.79 Å². The molecule has 0 aromatic carbocycles. The molecule has 0 bridgehead atoms. The Morgan fingerprint density at radius 1 is 1.35 bits per heavy atom. The number of carboxylic acids is 1. The summed E-state index contributed by atoms with van der Waals surface area (Å²) < 4.78 is 0. The Kier molecular flexibility index (Phi) is 4.08. The maximum atomic E-state index is 10.8. The van der Waals surface area contributed by atoms with Crippen LogP contribution in [0.4, 0.5) is 0 Å². The van der Waals surface area contributed by atoms with Crippen LogP contribution in [0.5, 0.6) is 0 Å². The molecule has 17 heavy (non-hydrogen) atoms. The minimum Gasteiger partial charge on any atom is -0.481 e. The molecule has 1 aliphatic heterocycles. The van der Waals surface area contributed by atoms with Crippen LogP contribution in [0.25, 0.3) is 0 Å². The van der Waals surface area contributed by atoms with Gasteiger partial charge in [0.05, 0.1) is 6.42 Å². The molecule has 1 N–H and O–H groups in total. The lowest BCUT2D eigenvalue weighted by atomic mass is 9.98. The largest absolute Gasteiger partial charge is 0.481 e. The van der Waals surface area contributed by atoms with Gasteiger partial charge >= 0.3 is 5.97 Å². The number of rotatable bonds is 5. The topological polar surface area (TPSA) is 40.5 Å². The van der Waals surface area contributed by atoms with E-state index in [4.69, 9.17) is 5.11 Å². The first kappa shape index (κ1) is 12.9. The summed E-state index contributed by atoms with van der Waals surface area (Å²) in [4.78, 5) is 13.4. The number of hydrogen-bond acceptors (Lipinski definition) is 2. The van der Waals surface area contributed by atoms with Crippen LogP contribution in [0, 0.1) is 11.3 Å². The Morgan fingerprint density at radius 2 is 2.12 bits per heavy atom. The second kappa shape index (κ2) is 5.38. The maximum Gasteiger partial charge on any atom is 0.303 e. The Bertz CT molecular complexity index is 273. The minimum atomic E-state index is -0.622. The van der Waals surface area contributed by atoms with Crippen molar-refractivity contribution in [1.82, 2.24) is 4.90 Å². The fourth-order valence-electron chi connectivity index (χ4n) is 3.15. The third-order valence-electron chi connectivity index (χ3n) is 4.56. The molecular formula is C14H25NO2. The third kappa shape index (κ3) is 3.70. The number of hydrogen-bond donors (Lipinski definition) is 1. The summed E-state index contributed by atoms with van der Waals surface area (Å²) in [6, 6.07) is 0. The lowest BCUT2D eigenvalue weighted by Gasteiger charge is -2.25. The Hall–Kier alpha value is -0.570. The standard InChI is InChI=1S/C14H25NO2/c1-2-12-4-3-8-15(9-5-12)11-14(6-7-14)10-13(16)17/h12H,2-11H2,1H3,(H,16,17). The van der Waals surface area contributed by atoms with Crippen molar-refractivity contribution >= 4 is 5.97 Å². The second-order valence-electron chi connectivity index (χ2n) is 6.05. The monoisotopic (exact) mass is 239 g/mol. The predicted octanol–water partition coefficient (Wildman–Crippen LogP) is 2.75. The van der Waals surface area contributed by atoms with Gasteiger partial charge in [-0.05, 0) is 56.5 Å². The molecule has 0 spiro atoms. The van der Waals surface area contributed by atoms with Gasteiger partial charge in [0, 0.05) is 6.54 Å². The number of likely N-dealkylation sites (tertiary alicyclic amines) is 1. The Labute approximate surface area is 104 Å². The summed E-state index contributed by atoms with van der Waals surface area (Å²) in [6.45, 7) is 5.67. The summed E-state index contributed by atoms with van der Waals surface area (Å²) in [5, 5.41) is 8.94. The van der Waals surface area contributed by atoms with E-state index in [1.165, 1.54) is 38.8 Å². The molecule has 3 heteroatoms. The molecule has 2 aliphatic rings. The van der Waals surface area contributed by atoms with Gasteiger partial charge in [0.15, 0.2) is 0 Å². The molecule has 3 nitrogen and oxygen atoms in total. The highest BCUT2D eigenvalue weighted by Gasteiger charge is 2.45. The molecule has 98 valence electrons. The summed E-state index contributed by atoms with van der Waals surface area (Å²) >= 11 is 0. The quantitative estimate of drug-likeness (QED) is 0.802. The van der Waals surface area contributed by atoms with Gasteiger partial charge in [-0.2, -0.15) is 0 Å². The van der Waals surface area contributed by atoms with Crippen molar-refractivity contribution in [1.29, 1.82) is 0 Å². The molecule has 0 amide bonds. The molecule has 2 fully saturated rings. The zero-order valence-corrected chi connectivity index (χ0v) is 11.0.